The van der Waals surface area contributed by atoms with Gasteiger partial charge >= 0.3 is 0 Å². The van der Waals surface area contributed by atoms with Crippen molar-refractivity contribution in [3.8, 4) is 22.9 Å². The maximum atomic E-state index is 5.91. The van der Waals surface area contributed by atoms with Gasteiger partial charge in [-0.1, -0.05) is 12.1 Å². The molecule has 4 rings (SSSR count). The molecule has 0 spiro atoms. The zero-order valence-corrected chi connectivity index (χ0v) is 17.0. The smallest absolute Gasteiger partial charge is 0.165 e. The van der Waals surface area contributed by atoms with Gasteiger partial charge in [0.25, 0.3) is 0 Å². The summed E-state index contributed by atoms with van der Waals surface area (Å²) in [6, 6.07) is 10.0. The van der Waals surface area contributed by atoms with Gasteiger partial charge in [0.05, 0.1) is 18.9 Å². The van der Waals surface area contributed by atoms with E-state index in [1.165, 1.54) is 5.56 Å². The van der Waals surface area contributed by atoms with E-state index in [1.54, 1.807) is 12.4 Å². The fourth-order valence-electron chi connectivity index (χ4n) is 3.65. The first-order valence-corrected chi connectivity index (χ1v) is 10.1. The van der Waals surface area contributed by atoms with Crippen LogP contribution in [0.1, 0.15) is 30.7 Å². The summed E-state index contributed by atoms with van der Waals surface area (Å²) < 4.78 is 11.7. The molecule has 3 aromatic rings. The number of rotatable bonds is 7. The second-order valence-electron chi connectivity index (χ2n) is 6.97. The van der Waals surface area contributed by atoms with Crippen LogP contribution in [0.25, 0.3) is 11.4 Å². The average molecular weight is 390 g/mol. The molecule has 6 heteroatoms. The Balaban J connectivity index is 1.52. The molecule has 150 valence electrons. The zero-order valence-electron chi connectivity index (χ0n) is 17.0. The van der Waals surface area contributed by atoms with E-state index in [0.717, 1.165) is 60.2 Å². The molecule has 1 aliphatic rings. The average Bonchev–Trinajstić information content (AvgIpc) is 2.76. The number of fused-ring (bicyclic) bond motifs is 1. The third kappa shape index (κ3) is 4.38. The van der Waals surface area contributed by atoms with Crippen LogP contribution in [0.4, 0.5) is 0 Å². The lowest BCUT2D eigenvalue weighted by molar-refractivity contribution is 0.233. The van der Waals surface area contributed by atoms with Crippen molar-refractivity contribution in [2.45, 2.75) is 33.4 Å². The van der Waals surface area contributed by atoms with E-state index in [2.05, 4.69) is 20.9 Å². The van der Waals surface area contributed by atoms with Crippen LogP contribution in [-0.2, 0) is 19.5 Å². The van der Waals surface area contributed by atoms with Gasteiger partial charge in [0.1, 0.15) is 0 Å². The van der Waals surface area contributed by atoms with Crippen molar-refractivity contribution in [3.05, 3.63) is 65.7 Å². The molecular formula is C23H26N4O2. The maximum Gasteiger partial charge on any atom is 0.165 e. The summed E-state index contributed by atoms with van der Waals surface area (Å²) in [4.78, 5) is 15.9. The fraction of sp³-hybridized carbons (Fsp3) is 0.348. The summed E-state index contributed by atoms with van der Waals surface area (Å²) in [5, 5.41) is 0. The first-order chi connectivity index (χ1) is 14.3. The molecule has 0 saturated carbocycles. The van der Waals surface area contributed by atoms with Gasteiger partial charge in [-0.25, -0.2) is 9.97 Å². The van der Waals surface area contributed by atoms with E-state index in [9.17, 15) is 0 Å². The second kappa shape index (κ2) is 9.01. The zero-order chi connectivity index (χ0) is 20.1. The summed E-state index contributed by atoms with van der Waals surface area (Å²) in [7, 11) is 0. The number of benzene rings is 1. The fourth-order valence-corrected chi connectivity index (χ4v) is 3.65. The number of nitrogens with zero attached hydrogens (tertiary/aromatic N) is 4. The molecule has 0 amide bonds. The molecule has 1 aromatic carbocycles. The first-order valence-electron chi connectivity index (χ1n) is 10.1. The van der Waals surface area contributed by atoms with Crippen molar-refractivity contribution in [2.24, 2.45) is 0 Å². The molecule has 29 heavy (non-hydrogen) atoms. The highest BCUT2D eigenvalue weighted by molar-refractivity contribution is 5.54. The molecule has 0 atom stereocenters. The minimum absolute atomic E-state index is 0.617. The standard InChI is InChI=1S/C23H26N4O2/c1-3-28-21-7-5-6-18(22(21)29-4-2)15-27-13-10-20-19(16-27)14-25-23(26-20)17-8-11-24-12-9-17/h5-9,11-12,14H,3-4,10,13,15-16H2,1-2H3. The molecule has 0 fully saturated rings. The maximum absolute atomic E-state index is 5.91. The molecular weight excluding hydrogens is 364 g/mol. The van der Waals surface area contributed by atoms with E-state index in [1.807, 2.05) is 44.3 Å². The Kier molecular flexibility index (Phi) is 6.00. The van der Waals surface area contributed by atoms with Crippen molar-refractivity contribution in [1.82, 2.24) is 19.9 Å². The lowest BCUT2D eigenvalue weighted by Crippen LogP contribution is -2.31. The summed E-state index contributed by atoms with van der Waals surface area (Å²) in [5.74, 6) is 2.43. The topological polar surface area (TPSA) is 60.4 Å². The van der Waals surface area contributed by atoms with Crippen molar-refractivity contribution < 1.29 is 9.47 Å². The summed E-state index contributed by atoms with van der Waals surface area (Å²) in [6.45, 7) is 7.82. The molecule has 0 bridgehead atoms. The number of aromatic nitrogens is 3. The van der Waals surface area contributed by atoms with E-state index in [0.29, 0.717) is 13.2 Å². The van der Waals surface area contributed by atoms with Crippen LogP contribution in [0.15, 0.2) is 48.9 Å². The van der Waals surface area contributed by atoms with Crippen LogP contribution in [-0.4, -0.2) is 39.6 Å². The lowest BCUT2D eigenvalue weighted by atomic mass is 10.1. The van der Waals surface area contributed by atoms with Gasteiger partial charge in [-0.3, -0.25) is 9.88 Å². The predicted molar refractivity (Wildman–Crippen MR) is 112 cm³/mol. The Morgan fingerprint density at radius 1 is 1.03 bits per heavy atom. The molecule has 2 aromatic heterocycles. The van der Waals surface area contributed by atoms with Crippen molar-refractivity contribution in [2.75, 3.05) is 19.8 Å². The lowest BCUT2D eigenvalue weighted by Gasteiger charge is -2.29. The quantitative estimate of drug-likeness (QED) is 0.610. The number of hydrogen-bond donors (Lipinski definition) is 0. The Hall–Kier alpha value is -2.99. The minimum atomic E-state index is 0.617. The van der Waals surface area contributed by atoms with Crippen molar-refractivity contribution in [1.29, 1.82) is 0 Å². The van der Waals surface area contributed by atoms with E-state index < -0.39 is 0 Å². The van der Waals surface area contributed by atoms with Crippen LogP contribution in [0.5, 0.6) is 11.5 Å². The van der Waals surface area contributed by atoms with E-state index >= 15 is 0 Å². The van der Waals surface area contributed by atoms with Crippen LogP contribution in [0.3, 0.4) is 0 Å². The molecule has 0 saturated heterocycles. The summed E-state index contributed by atoms with van der Waals surface area (Å²) in [5.41, 5.74) is 4.47. The Morgan fingerprint density at radius 3 is 2.66 bits per heavy atom. The molecule has 6 nitrogen and oxygen atoms in total. The summed E-state index contributed by atoms with van der Waals surface area (Å²) in [6.07, 6.45) is 6.41. The number of hydrogen-bond acceptors (Lipinski definition) is 6. The van der Waals surface area contributed by atoms with E-state index in [4.69, 9.17) is 14.5 Å². The molecule has 0 radical (unpaired) electrons. The Morgan fingerprint density at radius 2 is 1.86 bits per heavy atom. The molecule has 0 N–H and O–H groups in total. The number of para-hydroxylation sites is 1. The van der Waals surface area contributed by atoms with Gasteiger partial charge < -0.3 is 9.47 Å². The van der Waals surface area contributed by atoms with Crippen LogP contribution >= 0.6 is 0 Å². The third-order valence-electron chi connectivity index (χ3n) is 4.99. The van der Waals surface area contributed by atoms with Gasteiger partial charge in [-0.2, -0.15) is 0 Å². The molecule has 0 aliphatic carbocycles. The number of pyridine rings is 1. The van der Waals surface area contributed by atoms with Crippen LogP contribution in [0.2, 0.25) is 0 Å². The van der Waals surface area contributed by atoms with Crippen molar-refractivity contribution in [3.63, 3.8) is 0 Å². The highest BCUT2D eigenvalue weighted by Gasteiger charge is 2.21. The first kappa shape index (κ1) is 19.3. The van der Waals surface area contributed by atoms with Gasteiger partial charge in [0.15, 0.2) is 17.3 Å². The summed E-state index contributed by atoms with van der Waals surface area (Å²) >= 11 is 0. The highest BCUT2D eigenvalue weighted by Crippen LogP contribution is 2.33. The normalized spacial score (nSPS) is 13.7. The van der Waals surface area contributed by atoms with Gasteiger partial charge in [0.2, 0.25) is 0 Å². The van der Waals surface area contributed by atoms with Gasteiger partial charge in [-0.15, -0.1) is 0 Å². The Bertz CT molecular complexity index is 962. The third-order valence-corrected chi connectivity index (χ3v) is 4.99. The Labute approximate surface area is 171 Å². The second-order valence-corrected chi connectivity index (χ2v) is 6.97. The van der Waals surface area contributed by atoms with E-state index in [-0.39, 0.29) is 0 Å². The van der Waals surface area contributed by atoms with Gasteiger partial charge in [0, 0.05) is 61.3 Å². The molecule has 3 heterocycles. The molecule has 1 aliphatic heterocycles. The predicted octanol–water partition coefficient (Wildman–Crippen LogP) is 3.89. The SMILES string of the molecule is CCOc1cccc(CN2CCc3nc(-c4ccncc4)ncc3C2)c1OCC. The largest absolute Gasteiger partial charge is 0.490 e. The molecule has 0 unspecified atom stereocenters. The van der Waals surface area contributed by atoms with Crippen LogP contribution < -0.4 is 9.47 Å². The van der Waals surface area contributed by atoms with Crippen LogP contribution in [0, 0.1) is 0 Å². The monoisotopic (exact) mass is 390 g/mol. The van der Waals surface area contributed by atoms with Crippen molar-refractivity contribution >= 4 is 0 Å². The minimum Gasteiger partial charge on any atom is -0.490 e. The van der Waals surface area contributed by atoms with Gasteiger partial charge in [-0.05, 0) is 32.0 Å². The number of ether oxygens (including phenoxy) is 2. The highest BCUT2D eigenvalue weighted by atomic mass is 16.5.